The third kappa shape index (κ3) is 2.30. The average Bonchev–Trinajstić information content (AvgIpc) is 1.96. The van der Waals surface area contributed by atoms with Gasteiger partial charge in [-0.2, -0.15) is 12.6 Å². The van der Waals surface area contributed by atoms with Crippen molar-refractivity contribution in [3.05, 3.63) is 0 Å². The molecule has 0 aromatic carbocycles. The Morgan fingerprint density at radius 2 is 2.27 bits per heavy atom. The highest BCUT2D eigenvalue weighted by molar-refractivity contribution is 7.85. The first-order valence-corrected chi connectivity index (χ1v) is 5.20. The molecule has 2 atom stereocenters. The molecule has 1 aliphatic rings. The van der Waals surface area contributed by atoms with Gasteiger partial charge < -0.3 is 4.74 Å². The Morgan fingerprint density at radius 3 is 2.82 bits per heavy atom. The summed E-state index contributed by atoms with van der Waals surface area (Å²) in [5.41, 5.74) is 0. The Morgan fingerprint density at radius 1 is 1.55 bits per heavy atom. The smallest absolute Gasteiger partial charge is 0.122 e. The summed E-state index contributed by atoms with van der Waals surface area (Å²) in [6, 6.07) is 0. The molecule has 3 heteroatoms. The van der Waals surface area contributed by atoms with Gasteiger partial charge in [-0.25, -0.2) is 0 Å². The second kappa shape index (κ2) is 4.06. The average molecular weight is 192 g/mol. The van der Waals surface area contributed by atoms with Gasteiger partial charge in [0.2, 0.25) is 0 Å². The molecule has 2 unspecified atom stereocenters. The van der Waals surface area contributed by atoms with Crippen molar-refractivity contribution in [2.24, 2.45) is 0 Å². The van der Waals surface area contributed by atoms with Crippen molar-refractivity contribution in [2.75, 3.05) is 6.61 Å². The van der Waals surface area contributed by atoms with Crippen LogP contribution in [0.15, 0.2) is 0 Å². The molecule has 0 aromatic rings. The van der Waals surface area contributed by atoms with E-state index in [4.69, 9.17) is 4.74 Å². The molecule has 0 heterocycles. The lowest BCUT2D eigenvalue weighted by Crippen LogP contribution is -2.39. The maximum absolute atomic E-state index is 5.57. The summed E-state index contributed by atoms with van der Waals surface area (Å²) in [6.45, 7) is 2.74. The molecule has 1 nitrogen and oxygen atoms in total. The Balaban J connectivity index is 2.49. The minimum absolute atomic E-state index is 0.254. The Kier molecular flexibility index (Phi) is 3.59. The van der Waals surface area contributed by atoms with E-state index in [1.54, 1.807) is 0 Å². The summed E-state index contributed by atoms with van der Waals surface area (Å²) in [4.78, 5) is -0.254. The fraction of sp³-hybridized carbons (Fsp3) is 1.00. The molecule has 1 saturated carbocycles. The fourth-order valence-electron chi connectivity index (χ4n) is 1.53. The standard InChI is InChI=1S/C8H16OS2/c1-2-9-8(11)6-4-3-5-7(8)10/h7,10-11H,2-6H2,1H3. The molecule has 0 saturated heterocycles. The third-order valence-corrected chi connectivity index (χ3v) is 3.72. The third-order valence-electron chi connectivity index (χ3n) is 2.18. The second-order valence-corrected chi connectivity index (χ2v) is 4.42. The number of ether oxygens (including phenoxy) is 1. The lowest BCUT2D eigenvalue weighted by Gasteiger charge is -2.37. The van der Waals surface area contributed by atoms with Gasteiger partial charge >= 0.3 is 0 Å². The normalized spacial score (nSPS) is 39.0. The quantitative estimate of drug-likeness (QED) is 0.505. The summed E-state index contributed by atoms with van der Waals surface area (Å²) >= 11 is 9.00. The summed E-state index contributed by atoms with van der Waals surface area (Å²) in [6.07, 6.45) is 4.66. The van der Waals surface area contributed by atoms with Crippen LogP contribution < -0.4 is 0 Å². The first-order chi connectivity index (χ1) is 5.19. The minimum atomic E-state index is -0.254. The number of thiol groups is 2. The van der Waals surface area contributed by atoms with E-state index in [9.17, 15) is 0 Å². The van der Waals surface area contributed by atoms with Gasteiger partial charge in [0.15, 0.2) is 0 Å². The van der Waals surface area contributed by atoms with E-state index in [1.165, 1.54) is 12.8 Å². The molecule has 0 amide bonds. The molecule has 0 N–H and O–H groups in total. The van der Waals surface area contributed by atoms with Crippen molar-refractivity contribution >= 4 is 25.3 Å². The monoisotopic (exact) mass is 192 g/mol. The van der Waals surface area contributed by atoms with E-state index in [0.717, 1.165) is 19.4 Å². The SMILES string of the molecule is CCOC1(S)CCCCC1S. The van der Waals surface area contributed by atoms with E-state index < -0.39 is 0 Å². The van der Waals surface area contributed by atoms with Crippen molar-refractivity contribution in [1.82, 2.24) is 0 Å². The van der Waals surface area contributed by atoms with E-state index >= 15 is 0 Å². The molecule has 11 heavy (non-hydrogen) atoms. The highest BCUT2D eigenvalue weighted by Gasteiger charge is 2.35. The number of rotatable bonds is 2. The molecular weight excluding hydrogens is 176 g/mol. The number of hydrogen-bond acceptors (Lipinski definition) is 3. The van der Waals surface area contributed by atoms with Gasteiger partial charge in [-0.05, 0) is 26.2 Å². The molecule has 1 aliphatic carbocycles. The fourth-order valence-corrected chi connectivity index (χ4v) is 2.33. The van der Waals surface area contributed by atoms with E-state index in [-0.39, 0.29) is 4.93 Å². The molecule has 0 radical (unpaired) electrons. The molecule has 1 fully saturated rings. The van der Waals surface area contributed by atoms with Gasteiger partial charge in [-0.3, -0.25) is 0 Å². The highest BCUT2D eigenvalue weighted by atomic mass is 32.1. The van der Waals surface area contributed by atoms with Crippen LogP contribution in [0.1, 0.15) is 32.6 Å². The van der Waals surface area contributed by atoms with Crippen molar-refractivity contribution in [2.45, 2.75) is 42.8 Å². The summed E-state index contributed by atoms with van der Waals surface area (Å²) < 4.78 is 5.57. The first-order valence-electron chi connectivity index (χ1n) is 4.23. The van der Waals surface area contributed by atoms with Crippen molar-refractivity contribution in [3.63, 3.8) is 0 Å². The topological polar surface area (TPSA) is 9.23 Å². The highest BCUT2D eigenvalue weighted by Crippen LogP contribution is 2.38. The predicted molar refractivity (Wildman–Crippen MR) is 54.6 cm³/mol. The van der Waals surface area contributed by atoms with Crippen LogP contribution in [0.3, 0.4) is 0 Å². The summed E-state index contributed by atoms with van der Waals surface area (Å²) in [5.74, 6) is 0. The second-order valence-electron chi connectivity index (χ2n) is 3.04. The Labute approximate surface area is 79.7 Å². The molecule has 0 aromatic heterocycles. The predicted octanol–water partition coefficient (Wildman–Crippen LogP) is 2.52. The van der Waals surface area contributed by atoms with Crippen molar-refractivity contribution < 1.29 is 4.74 Å². The minimum Gasteiger partial charge on any atom is -0.364 e. The molecular formula is C8H16OS2. The van der Waals surface area contributed by atoms with Crippen LogP contribution in [0.2, 0.25) is 0 Å². The zero-order chi connectivity index (χ0) is 8.32. The van der Waals surface area contributed by atoms with Crippen LogP contribution in [0.5, 0.6) is 0 Å². The van der Waals surface area contributed by atoms with Crippen molar-refractivity contribution in [1.29, 1.82) is 0 Å². The van der Waals surface area contributed by atoms with Crippen LogP contribution in [0.25, 0.3) is 0 Å². The molecule has 0 aliphatic heterocycles. The van der Waals surface area contributed by atoms with Crippen LogP contribution in [0, 0.1) is 0 Å². The van der Waals surface area contributed by atoms with Crippen LogP contribution >= 0.6 is 25.3 Å². The molecule has 0 spiro atoms. The largest absolute Gasteiger partial charge is 0.364 e. The van der Waals surface area contributed by atoms with Gasteiger partial charge in [0.25, 0.3) is 0 Å². The van der Waals surface area contributed by atoms with E-state index in [1.807, 2.05) is 6.92 Å². The van der Waals surface area contributed by atoms with Crippen molar-refractivity contribution in [3.8, 4) is 0 Å². The lowest BCUT2D eigenvalue weighted by molar-refractivity contribution is 0.0152. The van der Waals surface area contributed by atoms with Gasteiger partial charge in [-0.1, -0.05) is 6.42 Å². The Hall–Kier alpha value is 0.660. The van der Waals surface area contributed by atoms with Crippen LogP contribution in [-0.4, -0.2) is 16.8 Å². The summed E-state index contributed by atoms with van der Waals surface area (Å²) in [7, 11) is 0. The maximum atomic E-state index is 5.57. The van der Waals surface area contributed by atoms with Crippen LogP contribution in [0.4, 0.5) is 0 Å². The lowest BCUT2D eigenvalue weighted by atomic mass is 9.96. The summed E-state index contributed by atoms with van der Waals surface area (Å²) in [5, 5.41) is 0.305. The number of hydrogen-bond donors (Lipinski definition) is 2. The van der Waals surface area contributed by atoms with Gasteiger partial charge in [-0.15, -0.1) is 12.6 Å². The van der Waals surface area contributed by atoms with Gasteiger partial charge in [0.05, 0.1) is 0 Å². The zero-order valence-corrected chi connectivity index (χ0v) is 8.70. The maximum Gasteiger partial charge on any atom is 0.122 e. The van der Waals surface area contributed by atoms with E-state index in [0.29, 0.717) is 5.25 Å². The first kappa shape index (κ1) is 9.75. The molecule has 1 rings (SSSR count). The molecule has 66 valence electrons. The van der Waals surface area contributed by atoms with Gasteiger partial charge in [0, 0.05) is 11.9 Å². The molecule has 0 bridgehead atoms. The van der Waals surface area contributed by atoms with Crippen LogP contribution in [-0.2, 0) is 4.74 Å². The zero-order valence-electron chi connectivity index (χ0n) is 6.92. The Bertz CT molecular complexity index is 125. The van der Waals surface area contributed by atoms with Gasteiger partial charge in [0.1, 0.15) is 4.93 Å². The van der Waals surface area contributed by atoms with E-state index in [2.05, 4.69) is 25.3 Å².